The maximum Gasteiger partial charge on any atom is 0.325 e. The molecule has 31 heteroatoms. The summed E-state index contributed by atoms with van der Waals surface area (Å²) in [7, 11) is 0. The maximum absolute atomic E-state index is 15.2. The molecule has 12 rings (SSSR count). The number of hydrogen-bond acceptors (Lipinski definition) is 21. The Morgan fingerprint density at radius 2 is 0.734 bits per heavy atom. The number of amides is 6. The third-order valence-corrected chi connectivity index (χ3v) is 23.3. The Labute approximate surface area is 723 Å². The first-order valence-corrected chi connectivity index (χ1v) is 43.2. The summed E-state index contributed by atoms with van der Waals surface area (Å²) in [6, 6.07) is 18.8. The maximum atomic E-state index is 15.2. The molecule has 6 amide bonds. The van der Waals surface area contributed by atoms with E-state index < -0.39 is 149 Å². The SMILES string of the molecule is CC(C)[C@@H]1NC(C(C)(F)F)C(C)(C)/C=C/c2ccc3ccc(nc3c2)[C@@H](C)OC(=O)[C@@H]2CCCN(N2)C(=O)[C@H](C)NC1=O.CC(C)[C@@H]1N[C@H](C(C)(F)F)C(C)(C)/C=C/c2ccc3ccc(nc3c2)[C@@H](C)OC(=O)[C@@H]2CCCN(N2)C(=O)[C@H](C)NC1=O.CC1/C=C/c2ccc3ccc(nc3c2)[C@@H](C)OC(=O)[C@@H]2CCCN(N2)C(=O)[C@H](C)NC(=O)[C@H](C(C)C)OC1. The zero-order valence-corrected chi connectivity index (χ0v) is 74.6. The molecule has 672 valence electrons. The number of pyridine rings is 3. The van der Waals surface area contributed by atoms with Gasteiger partial charge in [-0.05, 0) is 157 Å². The molecule has 0 spiro atoms. The molecule has 27 nitrogen and oxygen atoms in total. The van der Waals surface area contributed by atoms with Crippen molar-refractivity contribution in [1.82, 2.24) is 72.8 Å². The minimum absolute atomic E-state index is 0.0566. The van der Waals surface area contributed by atoms with Crippen LogP contribution in [-0.2, 0) is 62.1 Å². The van der Waals surface area contributed by atoms with Gasteiger partial charge in [-0.15, -0.1) is 0 Å². The Hall–Kier alpha value is -10.2. The molecule has 15 bridgehead atoms. The molecule has 8 N–H and O–H groups in total. The monoisotopic (exact) mass is 1720 g/mol. The fourth-order valence-corrected chi connectivity index (χ4v) is 16.0. The number of nitrogens with one attached hydrogen (secondary N) is 8. The van der Waals surface area contributed by atoms with Gasteiger partial charge < -0.3 is 34.9 Å². The number of ether oxygens (including phenoxy) is 4. The average Bonchev–Trinajstić information content (AvgIpc) is 0.973. The molecule has 3 aromatic heterocycles. The molecule has 6 aromatic rings. The van der Waals surface area contributed by atoms with E-state index in [9.17, 15) is 43.2 Å². The molecule has 0 radical (unpaired) electrons. The van der Waals surface area contributed by atoms with Crippen molar-refractivity contribution in [1.29, 1.82) is 0 Å². The first-order chi connectivity index (χ1) is 58.2. The van der Waals surface area contributed by atoms with E-state index in [0.29, 0.717) is 92.9 Å². The highest BCUT2D eigenvalue weighted by Crippen LogP contribution is 2.38. The van der Waals surface area contributed by atoms with Crippen molar-refractivity contribution in [3.63, 3.8) is 0 Å². The van der Waals surface area contributed by atoms with Gasteiger partial charge in [-0.2, -0.15) is 0 Å². The molecule has 15 atom stereocenters. The molecule has 0 aliphatic carbocycles. The molecule has 6 aliphatic heterocycles. The number of fused-ring (bicyclic) bond motifs is 12. The zero-order valence-electron chi connectivity index (χ0n) is 74.6. The molecule has 2 unspecified atom stereocenters. The lowest BCUT2D eigenvalue weighted by atomic mass is 9.79. The minimum atomic E-state index is -3.19. The summed E-state index contributed by atoms with van der Waals surface area (Å²) in [5.74, 6) is -11.2. The molecule has 3 aromatic carbocycles. The van der Waals surface area contributed by atoms with Crippen LogP contribution in [0.2, 0.25) is 0 Å². The number of hydrogen-bond donors (Lipinski definition) is 8. The van der Waals surface area contributed by atoms with E-state index in [2.05, 4.69) is 42.9 Å². The van der Waals surface area contributed by atoms with Crippen LogP contribution < -0.4 is 42.9 Å². The lowest BCUT2D eigenvalue weighted by Gasteiger charge is -2.40. The van der Waals surface area contributed by atoms with Gasteiger partial charge in [0.25, 0.3) is 29.6 Å². The van der Waals surface area contributed by atoms with Crippen LogP contribution >= 0.6 is 0 Å². The fourth-order valence-electron chi connectivity index (χ4n) is 16.0. The predicted octanol–water partition coefficient (Wildman–Crippen LogP) is 12.6. The van der Waals surface area contributed by atoms with Crippen LogP contribution in [0.25, 0.3) is 50.9 Å². The van der Waals surface area contributed by atoms with Crippen LogP contribution in [0.1, 0.15) is 222 Å². The van der Waals surface area contributed by atoms with Crippen molar-refractivity contribution in [2.24, 2.45) is 34.5 Å². The van der Waals surface area contributed by atoms with Crippen LogP contribution in [0.4, 0.5) is 17.6 Å². The highest BCUT2D eigenvalue weighted by atomic mass is 19.3. The number of alkyl halides is 4. The summed E-state index contributed by atoms with van der Waals surface area (Å²) in [6.45, 7) is 32.8. The molecule has 3 fully saturated rings. The number of esters is 3. The quantitative estimate of drug-likeness (QED) is 0.0451. The first-order valence-electron chi connectivity index (χ1n) is 43.2. The summed E-state index contributed by atoms with van der Waals surface area (Å²) in [5.41, 5.74) is 13.1. The van der Waals surface area contributed by atoms with E-state index in [0.717, 1.165) is 52.2 Å². The Bertz CT molecular complexity index is 4740. The van der Waals surface area contributed by atoms with Crippen molar-refractivity contribution in [2.75, 3.05) is 26.2 Å². The van der Waals surface area contributed by atoms with Crippen LogP contribution in [0.5, 0.6) is 0 Å². The second-order valence-corrected chi connectivity index (χ2v) is 36.1. The van der Waals surface area contributed by atoms with Crippen molar-refractivity contribution in [2.45, 2.75) is 267 Å². The van der Waals surface area contributed by atoms with Crippen molar-refractivity contribution in [3.05, 3.63) is 143 Å². The van der Waals surface area contributed by atoms with Gasteiger partial charge in [0.15, 0.2) is 0 Å². The molecule has 6 aliphatic rings. The highest BCUT2D eigenvalue weighted by Gasteiger charge is 2.49. The van der Waals surface area contributed by atoms with Crippen LogP contribution in [0.3, 0.4) is 0 Å². The third-order valence-electron chi connectivity index (χ3n) is 23.3. The van der Waals surface area contributed by atoms with Gasteiger partial charge in [-0.25, -0.2) is 48.8 Å². The highest BCUT2D eigenvalue weighted by molar-refractivity contribution is 5.93. The topological polar surface area (TPSA) is 335 Å². The lowest BCUT2D eigenvalue weighted by Crippen LogP contribution is -2.63. The molecular weight excluding hydrogens is 1600 g/mol. The molecule has 3 saturated heterocycles. The standard InChI is InChI=1S/2C32H43F2N5O4.C29H38N4O5/c2*1-18(2)26-27(40)35-19(3)28(41)39-16-8-9-24(38-39)29(42)43-20(4)23-13-12-22-11-10-21(17-25(22)36-23)14-15-31(5,6)30(37-26)32(7,33)34;1-17(2)26-27(34)30-19(4)28(35)33-14-6-7-24(32-33)29(36)38-20(5)23-13-12-22-11-10-21(15-25(22)31-23)9-8-18(3)16-37-26/h2*10-15,17-20,24,26,30,37-38H,8-9,16H2,1-7H3,(H,35,40);8-13,15,17-20,24,26,32H,6-7,14,16H2,1-5H3,(H,30,34)/b2*15-14+;9-8+/t19-,20+,24-,26-,30?;19-,20+,24-,26-,30-;18?,19-,20+,24-,26-/m000/s1. The Morgan fingerprint density at radius 3 is 1.04 bits per heavy atom. The van der Waals surface area contributed by atoms with Crippen LogP contribution in [0, 0.1) is 34.5 Å². The Balaban J connectivity index is 0.000000195. The lowest BCUT2D eigenvalue weighted by molar-refractivity contribution is -0.158. The number of cyclic esters (lactones) is 3. The zero-order chi connectivity index (χ0) is 90.8. The second kappa shape index (κ2) is 40.9. The number of aromatic nitrogens is 3. The van der Waals surface area contributed by atoms with Crippen molar-refractivity contribution >= 4 is 104 Å². The fraction of sp³-hybridized carbons (Fsp3) is 0.548. The van der Waals surface area contributed by atoms with E-state index in [1.807, 2.05) is 112 Å². The number of carbonyl (C=O) groups excluding carboxylic acids is 9. The van der Waals surface area contributed by atoms with E-state index in [4.69, 9.17) is 33.9 Å². The smallest absolute Gasteiger partial charge is 0.325 e. The largest absolute Gasteiger partial charge is 0.455 e. The van der Waals surface area contributed by atoms with Gasteiger partial charge in [0, 0.05) is 60.5 Å². The summed E-state index contributed by atoms with van der Waals surface area (Å²) < 4.78 is 84.0. The summed E-state index contributed by atoms with van der Waals surface area (Å²) in [6.07, 6.45) is 11.7. The van der Waals surface area contributed by atoms with E-state index in [1.165, 1.54) is 28.9 Å². The Kier molecular flexibility index (Phi) is 31.6. The Morgan fingerprint density at radius 1 is 0.427 bits per heavy atom. The minimum Gasteiger partial charge on any atom is -0.455 e. The number of hydrazine groups is 3. The molecular formula is C93H124F4N14O13. The average molecular weight is 1720 g/mol. The third kappa shape index (κ3) is 24.7. The molecule has 9 heterocycles. The van der Waals surface area contributed by atoms with Crippen molar-refractivity contribution < 1.29 is 79.7 Å². The molecule has 0 saturated carbocycles. The van der Waals surface area contributed by atoms with Crippen molar-refractivity contribution in [3.8, 4) is 0 Å². The number of benzene rings is 3. The number of carbonyl (C=O) groups is 9. The van der Waals surface area contributed by atoms with Gasteiger partial charge in [-0.1, -0.05) is 167 Å². The van der Waals surface area contributed by atoms with E-state index in [-0.39, 0.29) is 35.5 Å². The second-order valence-electron chi connectivity index (χ2n) is 36.1. The van der Waals surface area contributed by atoms with Gasteiger partial charge in [0.1, 0.15) is 60.7 Å². The van der Waals surface area contributed by atoms with Gasteiger partial charge in [0.05, 0.1) is 64.4 Å². The normalized spacial score (nSPS) is 28.5. The number of halogens is 4. The number of nitrogens with zero attached hydrogens (tertiary/aromatic N) is 6. The van der Waals surface area contributed by atoms with Crippen LogP contribution in [-0.4, -0.2) is 188 Å². The van der Waals surface area contributed by atoms with Gasteiger partial charge >= 0.3 is 17.9 Å². The summed E-state index contributed by atoms with van der Waals surface area (Å²) in [5, 5.41) is 20.9. The summed E-state index contributed by atoms with van der Waals surface area (Å²) in [4.78, 5) is 133. The van der Waals surface area contributed by atoms with Gasteiger partial charge in [0.2, 0.25) is 17.7 Å². The number of rotatable bonds is 5. The first kappa shape index (κ1) is 96.0. The van der Waals surface area contributed by atoms with Gasteiger partial charge in [-0.3, -0.25) is 68.8 Å². The summed E-state index contributed by atoms with van der Waals surface area (Å²) >= 11 is 0. The molecule has 124 heavy (non-hydrogen) atoms. The van der Waals surface area contributed by atoms with E-state index in [1.54, 1.807) is 120 Å². The van der Waals surface area contributed by atoms with Crippen LogP contribution in [0.15, 0.2) is 109 Å². The predicted molar refractivity (Wildman–Crippen MR) is 466 cm³/mol. The van der Waals surface area contributed by atoms with E-state index >= 15 is 17.6 Å².